The largest absolute Gasteiger partial charge is 0.496 e. The normalized spacial score (nSPS) is 14.0. The highest BCUT2D eigenvalue weighted by Gasteiger charge is 2.22. The van der Waals surface area contributed by atoms with Crippen LogP contribution in [0.1, 0.15) is 24.8 Å². The Hall–Kier alpha value is -1.53. The third-order valence-electron chi connectivity index (χ3n) is 2.42. The minimum Gasteiger partial charge on any atom is -0.496 e. The molecule has 0 aliphatic heterocycles. The fraction of sp³-hybridized carbons (Fsp3) is 0.417. The Morgan fingerprint density at radius 1 is 1.47 bits per heavy atom. The molecule has 2 unspecified atom stereocenters. The average Bonchev–Trinajstić information content (AvgIpc) is 2.30. The standard InChI is InChI=1S/C12H15NO2/c1-3-11(14)10(8-13)9-6-4-5-7-12(9)15-2/h4-7,10-11,14H,3H2,1-2H3. The van der Waals surface area contributed by atoms with E-state index in [2.05, 4.69) is 6.07 Å². The third kappa shape index (κ3) is 2.48. The van der Waals surface area contributed by atoms with E-state index >= 15 is 0 Å². The maximum Gasteiger partial charge on any atom is 0.123 e. The van der Waals surface area contributed by atoms with E-state index in [0.29, 0.717) is 12.2 Å². The van der Waals surface area contributed by atoms with Gasteiger partial charge in [0.2, 0.25) is 0 Å². The zero-order chi connectivity index (χ0) is 11.3. The quantitative estimate of drug-likeness (QED) is 0.818. The molecule has 0 aromatic heterocycles. The smallest absolute Gasteiger partial charge is 0.123 e. The number of nitriles is 1. The van der Waals surface area contributed by atoms with Crippen LogP contribution in [0.15, 0.2) is 24.3 Å². The second-order valence-corrected chi connectivity index (χ2v) is 3.32. The lowest BCUT2D eigenvalue weighted by Gasteiger charge is -2.17. The van der Waals surface area contributed by atoms with E-state index in [-0.39, 0.29) is 0 Å². The van der Waals surface area contributed by atoms with Crippen LogP contribution in [0.5, 0.6) is 5.75 Å². The summed E-state index contributed by atoms with van der Waals surface area (Å²) in [4.78, 5) is 0. The molecule has 15 heavy (non-hydrogen) atoms. The maximum atomic E-state index is 9.71. The van der Waals surface area contributed by atoms with Crippen LogP contribution in [-0.4, -0.2) is 18.3 Å². The summed E-state index contributed by atoms with van der Waals surface area (Å²) < 4.78 is 5.16. The molecular formula is C12H15NO2. The second-order valence-electron chi connectivity index (χ2n) is 3.32. The van der Waals surface area contributed by atoms with Crippen LogP contribution in [0, 0.1) is 11.3 Å². The van der Waals surface area contributed by atoms with Crippen molar-refractivity contribution in [1.29, 1.82) is 5.26 Å². The van der Waals surface area contributed by atoms with Crippen LogP contribution in [0.25, 0.3) is 0 Å². The fourth-order valence-corrected chi connectivity index (χ4v) is 1.52. The van der Waals surface area contributed by atoms with Gasteiger partial charge in [-0.25, -0.2) is 0 Å². The number of hydrogen-bond donors (Lipinski definition) is 1. The Labute approximate surface area is 89.9 Å². The first-order valence-corrected chi connectivity index (χ1v) is 4.95. The number of aliphatic hydroxyl groups excluding tert-OH is 1. The molecular weight excluding hydrogens is 190 g/mol. The molecule has 1 aromatic carbocycles. The average molecular weight is 205 g/mol. The molecule has 0 fully saturated rings. The van der Waals surface area contributed by atoms with Gasteiger partial charge in [0.1, 0.15) is 11.7 Å². The number of nitrogens with zero attached hydrogens (tertiary/aromatic N) is 1. The van der Waals surface area contributed by atoms with Gasteiger partial charge in [0.15, 0.2) is 0 Å². The highest BCUT2D eigenvalue weighted by atomic mass is 16.5. The summed E-state index contributed by atoms with van der Waals surface area (Å²) in [6.07, 6.45) is -0.0951. The molecule has 0 radical (unpaired) electrons. The number of aliphatic hydroxyl groups is 1. The van der Waals surface area contributed by atoms with E-state index < -0.39 is 12.0 Å². The lowest BCUT2D eigenvalue weighted by atomic mass is 9.92. The summed E-state index contributed by atoms with van der Waals surface area (Å²) in [6, 6.07) is 9.40. The van der Waals surface area contributed by atoms with Crippen molar-refractivity contribution in [2.24, 2.45) is 0 Å². The van der Waals surface area contributed by atoms with Crippen molar-refractivity contribution in [2.75, 3.05) is 7.11 Å². The molecule has 1 aromatic rings. The Morgan fingerprint density at radius 3 is 2.67 bits per heavy atom. The van der Waals surface area contributed by atoms with Gasteiger partial charge >= 0.3 is 0 Å². The van der Waals surface area contributed by atoms with Gasteiger partial charge in [-0.05, 0) is 12.5 Å². The van der Waals surface area contributed by atoms with E-state index in [9.17, 15) is 5.11 Å². The van der Waals surface area contributed by atoms with Crippen LogP contribution >= 0.6 is 0 Å². The minimum absolute atomic E-state index is 0.522. The molecule has 0 bridgehead atoms. The molecule has 3 nitrogen and oxygen atoms in total. The molecule has 0 spiro atoms. The van der Waals surface area contributed by atoms with Crippen molar-refractivity contribution in [3.63, 3.8) is 0 Å². The molecule has 3 heteroatoms. The van der Waals surface area contributed by atoms with Crippen molar-refractivity contribution in [3.8, 4) is 11.8 Å². The van der Waals surface area contributed by atoms with Crippen LogP contribution in [0.2, 0.25) is 0 Å². The van der Waals surface area contributed by atoms with Gasteiger partial charge in [-0.15, -0.1) is 0 Å². The Balaban J connectivity index is 3.07. The number of para-hydroxylation sites is 1. The molecule has 1 N–H and O–H groups in total. The van der Waals surface area contributed by atoms with Gasteiger partial charge in [0.25, 0.3) is 0 Å². The lowest BCUT2D eigenvalue weighted by Crippen LogP contribution is -2.16. The highest BCUT2D eigenvalue weighted by Crippen LogP contribution is 2.29. The third-order valence-corrected chi connectivity index (χ3v) is 2.42. The molecule has 1 rings (SSSR count). The van der Waals surface area contributed by atoms with Crippen molar-refractivity contribution < 1.29 is 9.84 Å². The molecule has 0 aliphatic rings. The summed E-state index contributed by atoms with van der Waals surface area (Å²) >= 11 is 0. The molecule has 0 saturated heterocycles. The predicted octanol–water partition coefficient (Wildman–Crippen LogP) is 2.07. The second kappa shape index (κ2) is 5.38. The number of methoxy groups -OCH3 is 1. The lowest BCUT2D eigenvalue weighted by molar-refractivity contribution is 0.156. The van der Waals surface area contributed by atoms with Crippen molar-refractivity contribution in [1.82, 2.24) is 0 Å². The number of hydrogen-bond acceptors (Lipinski definition) is 3. The summed E-state index contributed by atoms with van der Waals surface area (Å²) in [5, 5.41) is 18.7. The predicted molar refractivity (Wildman–Crippen MR) is 57.6 cm³/mol. The molecule has 0 aliphatic carbocycles. The van der Waals surface area contributed by atoms with Crippen LogP contribution in [0.4, 0.5) is 0 Å². The topological polar surface area (TPSA) is 53.2 Å². The molecule has 0 amide bonds. The summed E-state index contributed by atoms with van der Waals surface area (Å²) in [7, 11) is 1.56. The Bertz CT molecular complexity index is 357. The van der Waals surface area contributed by atoms with E-state index in [1.165, 1.54) is 0 Å². The Kier molecular flexibility index (Phi) is 4.14. The molecule has 2 atom stereocenters. The molecule has 0 heterocycles. The molecule has 80 valence electrons. The van der Waals surface area contributed by atoms with Crippen molar-refractivity contribution >= 4 is 0 Å². The van der Waals surface area contributed by atoms with Crippen LogP contribution in [0.3, 0.4) is 0 Å². The van der Waals surface area contributed by atoms with Gasteiger partial charge in [0, 0.05) is 5.56 Å². The number of ether oxygens (including phenoxy) is 1. The summed E-state index contributed by atoms with van der Waals surface area (Å²) in [5.74, 6) is 0.127. The zero-order valence-electron chi connectivity index (χ0n) is 8.97. The van der Waals surface area contributed by atoms with Crippen molar-refractivity contribution in [3.05, 3.63) is 29.8 Å². The first kappa shape index (κ1) is 11.5. The van der Waals surface area contributed by atoms with Crippen LogP contribution < -0.4 is 4.74 Å². The fourth-order valence-electron chi connectivity index (χ4n) is 1.52. The minimum atomic E-state index is -0.647. The van der Waals surface area contributed by atoms with Gasteiger partial charge in [-0.2, -0.15) is 5.26 Å². The van der Waals surface area contributed by atoms with Gasteiger partial charge in [0.05, 0.1) is 19.3 Å². The van der Waals surface area contributed by atoms with E-state index in [0.717, 1.165) is 5.56 Å². The zero-order valence-corrected chi connectivity index (χ0v) is 8.97. The number of rotatable bonds is 4. The van der Waals surface area contributed by atoms with Gasteiger partial charge in [-0.3, -0.25) is 0 Å². The highest BCUT2D eigenvalue weighted by molar-refractivity contribution is 5.39. The van der Waals surface area contributed by atoms with Gasteiger partial charge in [-0.1, -0.05) is 25.1 Å². The molecule has 0 saturated carbocycles. The van der Waals surface area contributed by atoms with E-state index in [4.69, 9.17) is 10.00 Å². The number of benzene rings is 1. The summed E-state index contributed by atoms with van der Waals surface area (Å²) in [6.45, 7) is 1.85. The van der Waals surface area contributed by atoms with E-state index in [1.54, 1.807) is 13.2 Å². The SMILES string of the molecule is CCC(O)C(C#N)c1ccccc1OC. The monoisotopic (exact) mass is 205 g/mol. The van der Waals surface area contributed by atoms with Gasteiger partial charge < -0.3 is 9.84 Å². The Morgan fingerprint density at radius 2 is 2.13 bits per heavy atom. The summed E-state index contributed by atoms with van der Waals surface area (Å²) in [5.41, 5.74) is 0.747. The first-order chi connectivity index (χ1) is 7.24. The maximum absolute atomic E-state index is 9.71. The van der Waals surface area contributed by atoms with Crippen molar-refractivity contribution in [2.45, 2.75) is 25.4 Å². The van der Waals surface area contributed by atoms with E-state index in [1.807, 2.05) is 25.1 Å². The first-order valence-electron chi connectivity index (χ1n) is 4.95. The van der Waals surface area contributed by atoms with Crippen LogP contribution in [-0.2, 0) is 0 Å².